The highest BCUT2D eigenvalue weighted by atomic mass is 32.1. The fourth-order valence-corrected chi connectivity index (χ4v) is 5.27. The second-order valence-corrected chi connectivity index (χ2v) is 10.2. The first-order valence-corrected chi connectivity index (χ1v) is 12.9. The largest absolute Gasteiger partial charge is 0.493 e. The lowest BCUT2D eigenvalue weighted by Gasteiger charge is -2.33. The van der Waals surface area contributed by atoms with Gasteiger partial charge in [-0.2, -0.15) is 9.61 Å². The van der Waals surface area contributed by atoms with Crippen molar-refractivity contribution in [1.82, 2.24) is 34.4 Å². The Morgan fingerprint density at radius 3 is 2.75 bits per heavy atom. The van der Waals surface area contributed by atoms with Crippen LogP contribution in [0.3, 0.4) is 0 Å². The zero-order valence-corrected chi connectivity index (χ0v) is 20.6. The minimum Gasteiger partial charge on any atom is -0.493 e. The summed E-state index contributed by atoms with van der Waals surface area (Å²) in [5.74, 6) is -0.198. The topological polar surface area (TPSA) is 135 Å². The lowest BCUT2D eigenvalue weighted by atomic mass is 10.3. The maximum atomic E-state index is 13.1. The highest BCUT2D eigenvalue weighted by Gasteiger charge is 2.24. The number of carbonyl (C=O) groups is 1. The molecule has 1 amide bonds. The first-order valence-electron chi connectivity index (χ1n) is 12.1. The monoisotopic (exact) mass is 506 g/mol. The normalized spacial score (nSPS) is 18.0. The highest BCUT2D eigenvalue weighted by molar-refractivity contribution is 7.17. The molecule has 1 aliphatic carbocycles. The Bertz CT molecular complexity index is 1620. The summed E-state index contributed by atoms with van der Waals surface area (Å²) in [5.41, 5.74) is 1.67. The quantitative estimate of drug-likeness (QED) is 0.362. The maximum absolute atomic E-state index is 13.1. The maximum Gasteiger partial charge on any atom is 0.326 e. The van der Waals surface area contributed by atoms with E-state index < -0.39 is 5.69 Å². The molecule has 0 spiro atoms. The Morgan fingerprint density at radius 1 is 1.25 bits per heavy atom. The molecule has 12 heteroatoms. The smallest absolute Gasteiger partial charge is 0.326 e. The van der Waals surface area contributed by atoms with Crippen molar-refractivity contribution in [1.29, 1.82) is 0 Å². The first kappa shape index (κ1) is 22.7. The summed E-state index contributed by atoms with van der Waals surface area (Å²) < 4.78 is 1.67. The summed E-state index contributed by atoms with van der Waals surface area (Å²) >= 11 is 1.42. The molecule has 6 rings (SSSR count). The number of aromatic nitrogens is 5. The van der Waals surface area contributed by atoms with Crippen molar-refractivity contribution in [2.24, 2.45) is 4.99 Å². The Hall–Kier alpha value is -3.77. The van der Waals surface area contributed by atoms with Gasteiger partial charge >= 0.3 is 5.69 Å². The number of nitrogens with zero attached hydrogens (tertiary/aromatic N) is 6. The number of likely N-dealkylation sites (N-methyl/N-ethyl adjacent to an activating group) is 1. The van der Waals surface area contributed by atoms with Crippen LogP contribution in [0.2, 0.25) is 0 Å². The summed E-state index contributed by atoms with van der Waals surface area (Å²) in [6.07, 6.45) is 5.33. The van der Waals surface area contributed by atoms with Gasteiger partial charge in [-0.1, -0.05) is 6.92 Å². The Labute approximate surface area is 209 Å². The van der Waals surface area contributed by atoms with Crippen molar-refractivity contribution in [3.63, 3.8) is 0 Å². The van der Waals surface area contributed by atoms with Crippen molar-refractivity contribution in [3.05, 3.63) is 56.2 Å². The number of thiophene rings is 1. The number of H-pyrrole nitrogens is 2. The van der Waals surface area contributed by atoms with E-state index in [0.717, 1.165) is 50.4 Å². The SMILES string of the molecule is CCN1CCN(C(=O)c2ccc(-c3cc(=NC4CC4)n4nc/c(=C\c5[nH]c(=O)[nH]c5O)c4n3)s2)CC1. The molecule has 1 aliphatic heterocycles. The van der Waals surface area contributed by atoms with Crippen LogP contribution < -0.4 is 16.4 Å². The average Bonchev–Trinajstić information content (AvgIpc) is 3.26. The van der Waals surface area contributed by atoms with Gasteiger partial charge in [0.2, 0.25) is 5.88 Å². The van der Waals surface area contributed by atoms with Gasteiger partial charge in [0, 0.05) is 37.5 Å². The zero-order valence-electron chi connectivity index (χ0n) is 19.8. The predicted octanol–water partition coefficient (Wildman–Crippen LogP) is 0.568. The van der Waals surface area contributed by atoms with E-state index >= 15 is 0 Å². The van der Waals surface area contributed by atoms with Crippen molar-refractivity contribution in [2.45, 2.75) is 25.8 Å². The molecule has 0 aromatic carbocycles. The van der Waals surface area contributed by atoms with Gasteiger partial charge in [-0.25, -0.2) is 9.78 Å². The minimum absolute atomic E-state index is 0.0521. The van der Waals surface area contributed by atoms with Crippen molar-refractivity contribution in [2.75, 3.05) is 32.7 Å². The molecule has 0 bridgehead atoms. The predicted molar refractivity (Wildman–Crippen MR) is 135 cm³/mol. The average molecular weight is 507 g/mol. The number of rotatable bonds is 5. The lowest BCUT2D eigenvalue weighted by molar-refractivity contribution is 0.0648. The van der Waals surface area contributed by atoms with Crippen LogP contribution in [0.5, 0.6) is 5.88 Å². The number of carbonyl (C=O) groups excluding carboxylic acids is 1. The summed E-state index contributed by atoms with van der Waals surface area (Å²) in [5, 5.41) is 15.1. The third kappa shape index (κ3) is 4.33. The molecule has 3 N–H and O–H groups in total. The third-order valence-corrected chi connectivity index (χ3v) is 7.65. The van der Waals surface area contributed by atoms with Crippen molar-refractivity contribution < 1.29 is 9.90 Å². The number of hydrogen-bond acceptors (Lipinski definition) is 8. The van der Waals surface area contributed by atoms with E-state index in [1.165, 1.54) is 11.3 Å². The highest BCUT2D eigenvalue weighted by Crippen LogP contribution is 2.28. The number of fused-ring (bicyclic) bond motifs is 1. The second kappa shape index (κ2) is 9.03. The van der Waals surface area contributed by atoms with Crippen LogP contribution in [0.4, 0.5) is 0 Å². The standard InChI is InChI=1S/C24H26N8O3S/c1-2-30-7-9-31(10-8-30)23(34)19-6-5-18(36-19)16-12-20(26-15-3-4-15)32-21(27-16)14(13-25-32)11-17-22(33)29-24(35)28-17/h5-6,11-13,15,33H,2-4,7-10H2,1H3,(H2,28,29,35)/b14-11+,26-20?. The van der Waals surface area contributed by atoms with Crippen LogP contribution in [-0.2, 0) is 0 Å². The number of aromatic hydroxyl groups is 1. The molecular weight excluding hydrogens is 480 g/mol. The van der Waals surface area contributed by atoms with Crippen molar-refractivity contribution >= 4 is 29.0 Å². The number of piperazine rings is 1. The molecule has 1 saturated heterocycles. The molecule has 11 nitrogen and oxygen atoms in total. The molecule has 36 heavy (non-hydrogen) atoms. The molecular formula is C24H26N8O3S. The number of amides is 1. The molecule has 5 heterocycles. The number of aromatic amines is 2. The van der Waals surface area contributed by atoms with E-state index in [1.54, 1.807) is 16.8 Å². The molecule has 2 aliphatic rings. The first-order chi connectivity index (χ1) is 17.5. The van der Waals surface area contributed by atoms with E-state index in [2.05, 4.69) is 26.9 Å². The van der Waals surface area contributed by atoms with Gasteiger partial charge in [-0.3, -0.25) is 14.8 Å². The Kier molecular flexibility index (Phi) is 5.69. The van der Waals surface area contributed by atoms with Crippen LogP contribution in [0.1, 0.15) is 35.1 Å². The summed E-state index contributed by atoms with van der Waals surface area (Å²) in [7, 11) is 0. The van der Waals surface area contributed by atoms with E-state index in [9.17, 15) is 14.7 Å². The van der Waals surface area contributed by atoms with Crippen LogP contribution in [0, 0.1) is 0 Å². The molecule has 0 unspecified atom stereocenters. The molecule has 4 aromatic heterocycles. The van der Waals surface area contributed by atoms with Gasteiger partial charge < -0.3 is 19.9 Å². The molecule has 2 fully saturated rings. The third-order valence-electron chi connectivity index (χ3n) is 6.55. The fourth-order valence-electron chi connectivity index (χ4n) is 4.34. The van der Waals surface area contributed by atoms with Crippen LogP contribution in [0.15, 0.2) is 34.2 Å². The fraction of sp³-hybridized carbons (Fsp3) is 0.375. The van der Waals surface area contributed by atoms with Crippen LogP contribution >= 0.6 is 11.3 Å². The van der Waals surface area contributed by atoms with E-state index in [0.29, 0.717) is 26.9 Å². The van der Waals surface area contributed by atoms with E-state index in [-0.39, 0.29) is 23.5 Å². The summed E-state index contributed by atoms with van der Waals surface area (Å²) in [4.78, 5) is 45.0. The second-order valence-electron chi connectivity index (χ2n) is 9.07. The van der Waals surface area contributed by atoms with E-state index in [4.69, 9.17) is 9.98 Å². The van der Waals surface area contributed by atoms with Gasteiger partial charge in [-0.05, 0) is 37.6 Å². The number of imidazole rings is 1. The number of nitrogens with one attached hydrogen (secondary N) is 2. The molecule has 0 radical (unpaired) electrons. The van der Waals surface area contributed by atoms with Gasteiger partial charge in [0.05, 0.1) is 27.7 Å². The summed E-state index contributed by atoms with van der Waals surface area (Å²) in [6, 6.07) is 5.96. The minimum atomic E-state index is -0.500. The van der Waals surface area contributed by atoms with Crippen molar-refractivity contribution in [3.8, 4) is 16.5 Å². The molecule has 186 valence electrons. The summed E-state index contributed by atoms with van der Waals surface area (Å²) in [6.45, 7) is 6.40. The zero-order chi connectivity index (χ0) is 24.8. The Balaban J connectivity index is 1.39. The number of hydrogen-bond donors (Lipinski definition) is 3. The molecule has 1 saturated carbocycles. The van der Waals surface area contributed by atoms with Crippen LogP contribution in [0.25, 0.3) is 22.3 Å². The van der Waals surface area contributed by atoms with Gasteiger partial charge in [0.1, 0.15) is 5.69 Å². The van der Waals surface area contributed by atoms with Gasteiger partial charge in [0.15, 0.2) is 11.1 Å². The van der Waals surface area contributed by atoms with Gasteiger partial charge in [-0.15, -0.1) is 11.3 Å². The van der Waals surface area contributed by atoms with Crippen LogP contribution in [-0.4, -0.2) is 84.1 Å². The Morgan fingerprint density at radius 2 is 2.06 bits per heavy atom. The van der Waals surface area contributed by atoms with E-state index in [1.807, 2.05) is 23.1 Å². The lowest BCUT2D eigenvalue weighted by Crippen LogP contribution is -2.48. The molecule has 4 aromatic rings. The molecule has 0 atom stereocenters. The van der Waals surface area contributed by atoms with Gasteiger partial charge in [0.25, 0.3) is 5.91 Å².